The molecule has 0 bridgehead atoms. The van der Waals surface area contributed by atoms with Gasteiger partial charge in [-0.3, -0.25) is 9.69 Å². The molecule has 0 aliphatic carbocycles. The number of benzene rings is 1. The van der Waals surface area contributed by atoms with Gasteiger partial charge in [-0.1, -0.05) is 12.1 Å². The normalized spacial score (nSPS) is 16.3. The van der Waals surface area contributed by atoms with Crippen molar-refractivity contribution >= 4 is 5.97 Å². The first-order valence-electron chi connectivity index (χ1n) is 9.23. The lowest BCUT2D eigenvalue weighted by molar-refractivity contribution is -0.143. The largest absolute Gasteiger partial charge is 0.480 e. The predicted octanol–water partition coefficient (Wildman–Crippen LogP) is 3.32. The zero-order valence-corrected chi connectivity index (χ0v) is 15.6. The van der Waals surface area contributed by atoms with Gasteiger partial charge in [-0.15, -0.1) is 0 Å². The van der Waals surface area contributed by atoms with Crippen LogP contribution in [0.4, 0.5) is 4.39 Å². The Balaban J connectivity index is 1.60. The van der Waals surface area contributed by atoms with Gasteiger partial charge in [0.25, 0.3) is 0 Å². The van der Waals surface area contributed by atoms with Crippen molar-refractivity contribution in [3.05, 3.63) is 59.0 Å². The summed E-state index contributed by atoms with van der Waals surface area (Å²) in [5.74, 6) is -0.618. The minimum atomic E-state index is -0.804. The predicted molar refractivity (Wildman–Crippen MR) is 100 cm³/mol. The molecule has 2 aromatic rings. The number of halogens is 1. The first-order valence-corrected chi connectivity index (χ1v) is 9.23. The molecule has 2 heterocycles. The molecule has 0 amide bonds. The van der Waals surface area contributed by atoms with E-state index < -0.39 is 17.8 Å². The third-order valence-electron chi connectivity index (χ3n) is 5.16. The Morgan fingerprint density at radius 1 is 1.39 bits per heavy atom. The highest BCUT2D eigenvalue weighted by Gasteiger charge is 2.27. The average molecular weight is 383 g/mol. The molecule has 3 rings (SSSR count). The van der Waals surface area contributed by atoms with E-state index in [1.807, 2.05) is 23.1 Å². The van der Waals surface area contributed by atoms with Gasteiger partial charge in [0, 0.05) is 23.2 Å². The minimum Gasteiger partial charge on any atom is -0.480 e. The Kier molecular flexibility index (Phi) is 6.22. The van der Waals surface area contributed by atoms with Gasteiger partial charge in [0.1, 0.15) is 18.5 Å². The minimum absolute atomic E-state index is 0.0303. The fourth-order valence-electron chi connectivity index (χ4n) is 3.36. The van der Waals surface area contributed by atoms with Crippen molar-refractivity contribution in [3.8, 4) is 11.9 Å². The number of carbonyl (C=O) groups is 1. The van der Waals surface area contributed by atoms with Crippen LogP contribution in [0.2, 0.25) is 0 Å². The number of nitriles is 1. The highest BCUT2D eigenvalue weighted by atomic mass is 19.1. The van der Waals surface area contributed by atoms with E-state index in [9.17, 15) is 9.18 Å². The van der Waals surface area contributed by atoms with E-state index in [4.69, 9.17) is 15.1 Å². The Morgan fingerprint density at radius 3 is 2.79 bits per heavy atom. The number of pyridine rings is 1. The molecule has 1 aliphatic rings. The Morgan fingerprint density at radius 2 is 2.14 bits per heavy atom. The summed E-state index contributed by atoms with van der Waals surface area (Å²) in [4.78, 5) is 17.6. The molecule has 1 saturated heterocycles. The van der Waals surface area contributed by atoms with Crippen LogP contribution in [-0.4, -0.2) is 40.1 Å². The third kappa shape index (κ3) is 4.65. The monoisotopic (exact) mass is 383 g/mol. The number of hydrogen-bond donors (Lipinski definition) is 1. The lowest BCUT2D eigenvalue weighted by atomic mass is 9.92. The molecule has 1 aliphatic heterocycles. The van der Waals surface area contributed by atoms with Crippen LogP contribution in [-0.2, 0) is 11.4 Å². The molecule has 0 spiro atoms. The molecule has 1 aromatic carbocycles. The van der Waals surface area contributed by atoms with Crippen molar-refractivity contribution in [2.75, 3.05) is 13.1 Å². The molecule has 0 radical (unpaired) electrons. The number of likely N-dealkylation sites (tertiary alicyclic amines) is 1. The standard InChI is InChI=1S/C21H22FN3O3/c1-14(21(26)27)25-9-7-16(8-10-25)19-3-2-4-20(24-19)28-13-17-6-5-15(12-23)11-18(17)22/h2-6,11,14,16H,7-10,13H2,1H3,(H,26,27). The summed E-state index contributed by atoms with van der Waals surface area (Å²) in [6, 6.07) is 11.2. The number of carboxylic acid groups (broad SMARTS) is 1. The van der Waals surface area contributed by atoms with E-state index in [-0.39, 0.29) is 18.1 Å². The van der Waals surface area contributed by atoms with Gasteiger partial charge in [-0.05, 0) is 51.1 Å². The van der Waals surface area contributed by atoms with Crippen LogP contribution >= 0.6 is 0 Å². The molecule has 0 saturated carbocycles. The number of aromatic nitrogens is 1. The van der Waals surface area contributed by atoms with Crippen LogP contribution in [0.3, 0.4) is 0 Å². The maximum Gasteiger partial charge on any atom is 0.320 e. The van der Waals surface area contributed by atoms with Crippen molar-refractivity contribution in [2.45, 2.75) is 38.3 Å². The smallest absolute Gasteiger partial charge is 0.320 e. The van der Waals surface area contributed by atoms with Crippen molar-refractivity contribution in [1.29, 1.82) is 5.26 Å². The van der Waals surface area contributed by atoms with Crippen LogP contribution in [0, 0.1) is 17.1 Å². The Labute approximate surface area is 163 Å². The van der Waals surface area contributed by atoms with Crippen molar-refractivity contribution < 1.29 is 19.0 Å². The van der Waals surface area contributed by atoms with E-state index in [0.29, 0.717) is 24.5 Å². The zero-order valence-electron chi connectivity index (χ0n) is 15.6. The van der Waals surface area contributed by atoms with E-state index in [0.717, 1.165) is 18.5 Å². The molecular weight excluding hydrogens is 361 g/mol. The zero-order chi connectivity index (χ0) is 20.1. The van der Waals surface area contributed by atoms with Crippen LogP contribution < -0.4 is 4.74 Å². The fraction of sp³-hybridized carbons (Fsp3) is 0.381. The molecule has 1 atom stereocenters. The maximum absolute atomic E-state index is 14.0. The molecule has 7 heteroatoms. The molecule has 6 nitrogen and oxygen atoms in total. The molecule has 146 valence electrons. The van der Waals surface area contributed by atoms with Crippen molar-refractivity contribution in [3.63, 3.8) is 0 Å². The second-order valence-electron chi connectivity index (χ2n) is 6.93. The third-order valence-corrected chi connectivity index (χ3v) is 5.16. The number of aliphatic carboxylic acids is 1. The van der Waals surface area contributed by atoms with Gasteiger partial charge in [0.2, 0.25) is 5.88 Å². The van der Waals surface area contributed by atoms with Gasteiger partial charge < -0.3 is 9.84 Å². The Hall–Kier alpha value is -2.98. The first-order chi connectivity index (χ1) is 13.5. The molecular formula is C21H22FN3O3. The number of carboxylic acids is 1. The lowest BCUT2D eigenvalue weighted by Crippen LogP contribution is -2.43. The second-order valence-corrected chi connectivity index (χ2v) is 6.93. The van der Waals surface area contributed by atoms with Gasteiger partial charge in [-0.25, -0.2) is 9.37 Å². The SMILES string of the molecule is CC(C(=O)O)N1CCC(c2cccc(OCc3ccc(C#N)cc3F)n2)CC1. The molecule has 1 aromatic heterocycles. The van der Waals surface area contributed by atoms with Crippen molar-refractivity contribution in [2.24, 2.45) is 0 Å². The van der Waals surface area contributed by atoms with Gasteiger partial charge in [0.15, 0.2) is 0 Å². The molecule has 1 N–H and O–H groups in total. The van der Waals surface area contributed by atoms with Gasteiger partial charge in [0.05, 0.1) is 11.6 Å². The lowest BCUT2D eigenvalue weighted by Gasteiger charge is -2.34. The summed E-state index contributed by atoms with van der Waals surface area (Å²) >= 11 is 0. The number of nitrogens with zero attached hydrogens (tertiary/aromatic N) is 3. The second kappa shape index (κ2) is 8.81. The van der Waals surface area contributed by atoms with Gasteiger partial charge in [-0.2, -0.15) is 5.26 Å². The van der Waals surface area contributed by atoms with Crippen LogP contribution in [0.15, 0.2) is 36.4 Å². The van der Waals surface area contributed by atoms with E-state index >= 15 is 0 Å². The van der Waals surface area contributed by atoms with Crippen molar-refractivity contribution in [1.82, 2.24) is 9.88 Å². The number of piperidine rings is 1. The van der Waals surface area contributed by atoms with Crippen LogP contribution in [0.5, 0.6) is 5.88 Å². The van der Waals surface area contributed by atoms with Crippen LogP contribution in [0.1, 0.15) is 42.5 Å². The summed E-state index contributed by atoms with van der Waals surface area (Å²) in [6.07, 6.45) is 1.66. The fourth-order valence-corrected chi connectivity index (χ4v) is 3.36. The first kappa shape index (κ1) is 19.8. The molecule has 28 heavy (non-hydrogen) atoms. The average Bonchev–Trinajstić information content (AvgIpc) is 2.72. The summed E-state index contributed by atoms with van der Waals surface area (Å²) in [6.45, 7) is 3.16. The summed E-state index contributed by atoms with van der Waals surface area (Å²) < 4.78 is 19.6. The maximum atomic E-state index is 14.0. The highest BCUT2D eigenvalue weighted by Crippen LogP contribution is 2.29. The van der Waals surface area contributed by atoms with E-state index in [1.165, 1.54) is 12.1 Å². The molecule has 1 fully saturated rings. The van der Waals surface area contributed by atoms with E-state index in [1.54, 1.807) is 19.1 Å². The quantitative estimate of drug-likeness (QED) is 0.823. The summed E-state index contributed by atoms with van der Waals surface area (Å²) in [5, 5.41) is 17.9. The number of rotatable bonds is 6. The number of hydrogen-bond acceptors (Lipinski definition) is 5. The summed E-state index contributed by atoms with van der Waals surface area (Å²) in [5.41, 5.74) is 1.53. The van der Waals surface area contributed by atoms with Crippen LogP contribution in [0.25, 0.3) is 0 Å². The summed E-state index contributed by atoms with van der Waals surface area (Å²) in [7, 11) is 0. The van der Waals surface area contributed by atoms with E-state index in [2.05, 4.69) is 4.98 Å². The van der Waals surface area contributed by atoms with Gasteiger partial charge >= 0.3 is 5.97 Å². The number of ether oxygens (including phenoxy) is 1. The molecule has 1 unspecified atom stereocenters. The Bertz CT molecular complexity index is 889. The highest BCUT2D eigenvalue weighted by molar-refractivity contribution is 5.72. The topological polar surface area (TPSA) is 86.5 Å².